The van der Waals surface area contributed by atoms with Gasteiger partial charge in [0.05, 0.1) is 24.6 Å². The Morgan fingerprint density at radius 2 is 1.59 bits per heavy atom. The molecule has 3 fully saturated rings. The van der Waals surface area contributed by atoms with Crippen molar-refractivity contribution < 1.29 is 23.9 Å². The number of carbonyl (C=O) groups is 3. The first kappa shape index (κ1) is 19.3. The van der Waals surface area contributed by atoms with Crippen LogP contribution in [0, 0.1) is 35.5 Å². The number of methoxy groups -OCH3 is 1. The molecule has 1 heterocycles. The minimum absolute atomic E-state index is 0.0772. The van der Waals surface area contributed by atoms with Gasteiger partial charge < -0.3 is 9.47 Å². The first-order valence-electron chi connectivity index (χ1n) is 11.0. The average molecular weight is 429 g/mol. The lowest BCUT2D eigenvalue weighted by Gasteiger charge is -2.37. The minimum atomic E-state index is -0.210. The molecule has 5 aliphatic rings. The number of rotatable bonds is 6. The molecule has 6 atom stereocenters. The van der Waals surface area contributed by atoms with Crippen LogP contribution in [0.4, 0.5) is 5.69 Å². The summed E-state index contributed by atoms with van der Waals surface area (Å²) in [6.45, 7) is -0.115. The molecule has 2 saturated carbocycles. The monoisotopic (exact) mass is 429 g/mol. The third kappa shape index (κ3) is 2.82. The van der Waals surface area contributed by atoms with Crippen molar-refractivity contribution in [2.75, 3.05) is 18.6 Å². The molecule has 0 unspecified atom stereocenters. The minimum Gasteiger partial charge on any atom is -0.497 e. The molecule has 6 nitrogen and oxygen atoms in total. The van der Waals surface area contributed by atoms with Gasteiger partial charge in [-0.3, -0.25) is 19.3 Å². The standard InChI is InChI=1S/C26H23NO5/c1-31-17-4-2-3-14(11-17)22(28)13-32-16-7-5-15(6-8-16)27-25(29)23-18-9-10-19(21-12-20(18)21)24(23)26(27)30/h2-11,18-21,23-24H,12-13H2,1H3/t18-,19-,20-,21+,23+,24+/m1/s1. The van der Waals surface area contributed by atoms with Crippen molar-refractivity contribution in [1.82, 2.24) is 0 Å². The van der Waals surface area contributed by atoms with Gasteiger partial charge in [0.25, 0.3) is 0 Å². The Hall–Kier alpha value is -3.41. The SMILES string of the molecule is COc1cccc(C(=O)COc2ccc(N3C(=O)[C@H]4[C@@H]5C=C[C@H]([C@@H]6C[C@H]56)[C@@H]4C3=O)cc2)c1. The van der Waals surface area contributed by atoms with E-state index >= 15 is 0 Å². The number of anilines is 1. The van der Waals surface area contributed by atoms with Gasteiger partial charge in [-0.25, -0.2) is 0 Å². The number of hydrogen-bond acceptors (Lipinski definition) is 5. The summed E-state index contributed by atoms with van der Waals surface area (Å²) in [5.41, 5.74) is 1.08. The number of amides is 2. The van der Waals surface area contributed by atoms with Gasteiger partial charge in [0.15, 0.2) is 12.4 Å². The molecule has 2 aromatic rings. The van der Waals surface area contributed by atoms with Crippen molar-refractivity contribution in [3.05, 3.63) is 66.2 Å². The van der Waals surface area contributed by atoms with Crippen LogP contribution in [0.5, 0.6) is 11.5 Å². The van der Waals surface area contributed by atoms with Gasteiger partial charge in [-0.15, -0.1) is 0 Å². The highest BCUT2D eigenvalue weighted by molar-refractivity contribution is 6.22. The molecule has 4 aliphatic carbocycles. The highest BCUT2D eigenvalue weighted by Crippen LogP contribution is 2.65. The number of Topliss-reactive ketones (excluding diaryl/α,β-unsaturated/α-hetero) is 1. The summed E-state index contributed by atoms with van der Waals surface area (Å²) in [4.78, 5) is 40.2. The first-order chi connectivity index (χ1) is 15.6. The molecule has 2 aromatic carbocycles. The van der Waals surface area contributed by atoms with Crippen LogP contribution in [0.3, 0.4) is 0 Å². The molecule has 1 saturated heterocycles. The number of ether oxygens (including phenoxy) is 2. The number of imide groups is 1. The van der Waals surface area contributed by atoms with Crippen LogP contribution in [0.15, 0.2) is 60.7 Å². The normalized spacial score (nSPS) is 31.3. The van der Waals surface area contributed by atoms with Gasteiger partial charge in [-0.05, 0) is 66.5 Å². The summed E-state index contributed by atoms with van der Waals surface area (Å²) in [7, 11) is 1.55. The van der Waals surface area contributed by atoms with E-state index in [-0.39, 0.29) is 47.9 Å². The van der Waals surface area contributed by atoms with Crippen molar-refractivity contribution in [2.24, 2.45) is 35.5 Å². The maximum atomic E-state index is 13.2. The average Bonchev–Trinajstić information content (AvgIpc) is 3.61. The molecule has 7 rings (SSSR count). The Bertz CT molecular complexity index is 1120. The number of allylic oxidation sites excluding steroid dienone is 2. The Kier molecular flexibility index (Phi) is 4.25. The number of hydrogen-bond donors (Lipinski definition) is 0. The molecule has 6 heteroatoms. The van der Waals surface area contributed by atoms with Gasteiger partial charge in [0.2, 0.25) is 11.8 Å². The van der Waals surface area contributed by atoms with Crippen molar-refractivity contribution in [3.8, 4) is 11.5 Å². The summed E-state index contributed by atoms with van der Waals surface area (Å²) >= 11 is 0. The Labute approximate surface area is 185 Å². The molecule has 0 aromatic heterocycles. The predicted molar refractivity (Wildman–Crippen MR) is 116 cm³/mol. The summed E-state index contributed by atoms with van der Waals surface area (Å²) < 4.78 is 10.8. The summed E-state index contributed by atoms with van der Waals surface area (Å²) in [5.74, 6) is 1.97. The Morgan fingerprint density at radius 1 is 0.938 bits per heavy atom. The third-order valence-corrected chi connectivity index (χ3v) is 7.52. The van der Waals surface area contributed by atoms with Crippen molar-refractivity contribution in [2.45, 2.75) is 6.42 Å². The van der Waals surface area contributed by atoms with E-state index in [0.717, 1.165) is 6.42 Å². The van der Waals surface area contributed by atoms with E-state index in [1.54, 1.807) is 55.6 Å². The summed E-state index contributed by atoms with van der Waals surface area (Å²) in [5, 5.41) is 0. The third-order valence-electron chi connectivity index (χ3n) is 7.52. The van der Waals surface area contributed by atoms with Crippen LogP contribution < -0.4 is 14.4 Å². The van der Waals surface area contributed by atoms with Crippen molar-refractivity contribution >= 4 is 23.3 Å². The first-order valence-corrected chi connectivity index (χ1v) is 11.0. The van der Waals surface area contributed by atoms with Gasteiger partial charge >= 0.3 is 0 Å². The second kappa shape index (κ2) is 7.05. The van der Waals surface area contributed by atoms with E-state index in [2.05, 4.69) is 12.2 Å². The molecule has 0 spiro atoms. The van der Waals surface area contributed by atoms with Gasteiger partial charge in [0, 0.05) is 5.56 Å². The molecule has 32 heavy (non-hydrogen) atoms. The molecular weight excluding hydrogens is 406 g/mol. The zero-order valence-electron chi connectivity index (χ0n) is 17.6. The lowest BCUT2D eigenvalue weighted by atomic mass is 9.63. The van der Waals surface area contributed by atoms with Crippen molar-refractivity contribution in [1.29, 1.82) is 0 Å². The maximum absolute atomic E-state index is 13.2. The quantitative estimate of drug-likeness (QED) is 0.399. The van der Waals surface area contributed by atoms with E-state index in [4.69, 9.17) is 9.47 Å². The van der Waals surface area contributed by atoms with E-state index in [1.165, 1.54) is 4.90 Å². The van der Waals surface area contributed by atoms with Crippen LogP contribution in [-0.4, -0.2) is 31.3 Å². The Morgan fingerprint density at radius 3 is 2.22 bits per heavy atom. The van der Waals surface area contributed by atoms with Gasteiger partial charge in [-0.2, -0.15) is 0 Å². The lowest BCUT2D eigenvalue weighted by molar-refractivity contribution is -0.124. The molecule has 162 valence electrons. The second-order valence-electron chi connectivity index (χ2n) is 9.10. The van der Waals surface area contributed by atoms with Crippen molar-refractivity contribution in [3.63, 3.8) is 0 Å². The number of ketones is 1. The summed E-state index contributed by atoms with van der Waals surface area (Å²) in [6, 6.07) is 13.7. The van der Waals surface area contributed by atoms with E-state index < -0.39 is 0 Å². The molecular formula is C26H23NO5. The van der Waals surface area contributed by atoms with Crippen LogP contribution in [0.1, 0.15) is 16.8 Å². The molecule has 1 aliphatic heterocycles. The van der Waals surface area contributed by atoms with Crippen LogP contribution in [-0.2, 0) is 9.59 Å². The number of benzene rings is 2. The van der Waals surface area contributed by atoms with E-state index in [1.807, 2.05) is 0 Å². The lowest BCUT2D eigenvalue weighted by Crippen LogP contribution is -2.40. The zero-order valence-corrected chi connectivity index (χ0v) is 17.6. The largest absolute Gasteiger partial charge is 0.497 e. The maximum Gasteiger partial charge on any atom is 0.238 e. The van der Waals surface area contributed by atoms with Crippen LogP contribution in [0.2, 0.25) is 0 Å². The smallest absolute Gasteiger partial charge is 0.238 e. The van der Waals surface area contributed by atoms with Gasteiger partial charge in [0.1, 0.15) is 11.5 Å². The summed E-state index contributed by atoms with van der Waals surface area (Å²) in [6.07, 6.45) is 5.49. The van der Waals surface area contributed by atoms with E-state index in [0.29, 0.717) is 34.6 Å². The second-order valence-corrected chi connectivity index (χ2v) is 9.10. The van der Waals surface area contributed by atoms with Crippen LogP contribution in [0.25, 0.3) is 0 Å². The van der Waals surface area contributed by atoms with Crippen LogP contribution >= 0.6 is 0 Å². The predicted octanol–water partition coefficient (Wildman–Crippen LogP) is 3.51. The molecule has 0 radical (unpaired) electrons. The molecule has 0 N–H and O–H groups in total. The highest BCUT2D eigenvalue weighted by Gasteiger charge is 2.67. The number of carbonyl (C=O) groups excluding carboxylic acids is 3. The molecule has 2 bridgehead atoms. The fourth-order valence-electron chi connectivity index (χ4n) is 5.93. The Balaban J connectivity index is 1.15. The topological polar surface area (TPSA) is 72.9 Å². The fourth-order valence-corrected chi connectivity index (χ4v) is 5.93. The highest BCUT2D eigenvalue weighted by atomic mass is 16.5. The molecule has 2 amide bonds. The van der Waals surface area contributed by atoms with Gasteiger partial charge in [-0.1, -0.05) is 24.3 Å². The number of nitrogens with zero attached hydrogens (tertiary/aromatic N) is 1. The fraction of sp³-hybridized carbons (Fsp3) is 0.346. The van der Waals surface area contributed by atoms with E-state index in [9.17, 15) is 14.4 Å². The zero-order chi connectivity index (χ0) is 22.0.